The van der Waals surface area contributed by atoms with Crippen molar-refractivity contribution in [2.75, 3.05) is 29.9 Å². The van der Waals surface area contributed by atoms with Crippen LogP contribution < -0.4 is 9.62 Å². The van der Waals surface area contributed by atoms with Crippen LogP contribution in [0.15, 0.2) is 42.5 Å². The SMILES string of the molecule is CSN(C(=O)N(CC(=O)O)CC(=O)O)c1nn(CC(F)(F)F)c2c(-c3ccc(C#CC(C)(C)SC)nc3C(Cc3cc(F)cc(F)c3)NC(=O)Cn3nc(C(F)(F)F)c4c3C(F)(F)CC4)ccc(Cl)c12. The first-order valence-electron chi connectivity index (χ1n) is 20.2. The number of rotatable bonds is 15. The molecule has 70 heavy (non-hydrogen) atoms. The predicted octanol–water partition coefficient (Wildman–Crippen LogP) is 9.11. The predicted molar refractivity (Wildman–Crippen MR) is 237 cm³/mol. The molecule has 0 aliphatic heterocycles. The third-order valence-corrected chi connectivity index (χ3v) is 12.6. The summed E-state index contributed by atoms with van der Waals surface area (Å²) in [4.78, 5) is 56.3. The molecule has 14 nitrogen and oxygen atoms in total. The van der Waals surface area contributed by atoms with E-state index in [2.05, 4.69) is 32.3 Å². The van der Waals surface area contributed by atoms with Crippen molar-refractivity contribution in [3.8, 4) is 23.0 Å². The Morgan fingerprint density at radius 1 is 0.929 bits per heavy atom. The number of alkyl halides is 8. The maximum absolute atomic E-state index is 15.1. The van der Waals surface area contributed by atoms with Gasteiger partial charge in [0.05, 0.1) is 32.4 Å². The fourth-order valence-electron chi connectivity index (χ4n) is 7.55. The lowest BCUT2D eigenvalue weighted by Crippen LogP contribution is -2.45. The van der Waals surface area contributed by atoms with Gasteiger partial charge in [0, 0.05) is 35.4 Å². The molecule has 0 bridgehead atoms. The number of pyridine rings is 1. The van der Waals surface area contributed by atoms with E-state index in [1.807, 2.05) is 0 Å². The molecule has 0 saturated carbocycles. The Balaban J connectivity index is 1.62. The lowest BCUT2D eigenvalue weighted by Gasteiger charge is -2.25. The van der Waals surface area contributed by atoms with Crippen molar-refractivity contribution in [3.63, 3.8) is 0 Å². The normalized spacial score (nSPS) is 13.9. The number of amides is 3. The average molecular weight is 1050 g/mol. The molecular weight excluding hydrogens is 1010 g/mol. The van der Waals surface area contributed by atoms with Crippen molar-refractivity contribution in [1.82, 2.24) is 34.8 Å². The van der Waals surface area contributed by atoms with Crippen LogP contribution in [0.3, 0.4) is 0 Å². The Morgan fingerprint density at radius 3 is 2.13 bits per heavy atom. The number of nitrogens with zero attached hydrogens (tertiary/aromatic N) is 7. The minimum atomic E-state index is -5.19. The van der Waals surface area contributed by atoms with E-state index >= 15 is 8.78 Å². The van der Waals surface area contributed by atoms with Crippen LogP contribution in [0.1, 0.15) is 60.2 Å². The quantitative estimate of drug-likeness (QED) is 0.0518. The van der Waals surface area contributed by atoms with Gasteiger partial charge in [0.15, 0.2) is 11.5 Å². The summed E-state index contributed by atoms with van der Waals surface area (Å²) < 4.78 is 146. The summed E-state index contributed by atoms with van der Waals surface area (Å²) in [5.41, 5.74) is -5.01. The van der Waals surface area contributed by atoms with Gasteiger partial charge in [0.1, 0.15) is 49.2 Å². The monoisotopic (exact) mass is 1050 g/mol. The van der Waals surface area contributed by atoms with Crippen LogP contribution in [-0.4, -0.2) is 100 Å². The Hall–Kier alpha value is -6.20. The van der Waals surface area contributed by atoms with Crippen LogP contribution in [0.4, 0.5) is 54.5 Å². The number of thioether (sulfide) groups is 1. The summed E-state index contributed by atoms with van der Waals surface area (Å²) in [5, 5.41) is 28.1. The number of fused-ring (bicyclic) bond motifs is 2. The van der Waals surface area contributed by atoms with Gasteiger partial charge in [-0.15, -0.1) is 11.8 Å². The lowest BCUT2D eigenvalue weighted by molar-refractivity contribution is -0.143. The fraction of sp³-hybridized carbons (Fsp3) is 0.372. The number of hydrogen-bond acceptors (Lipinski definition) is 9. The highest BCUT2D eigenvalue weighted by molar-refractivity contribution is 8.00. The van der Waals surface area contributed by atoms with E-state index in [0.717, 1.165) is 12.1 Å². The number of nitrogens with one attached hydrogen (secondary N) is 1. The molecule has 3 amide bonds. The van der Waals surface area contributed by atoms with Crippen molar-refractivity contribution in [2.24, 2.45) is 0 Å². The molecule has 27 heteroatoms. The highest BCUT2D eigenvalue weighted by Crippen LogP contribution is 2.47. The van der Waals surface area contributed by atoms with Crippen molar-refractivity contribution in [3.05, 3.63) is 93.0 Å². The van der Waals surface area contributed by atoms with E-state index in [4.69, 9.17) is 11.6 Å². The van der Waals surface area contributed by atoms with Crippen molar-refractivity contribution in [1.29, 1.82) is 0 Å². The molecular formula is C43H37ClF10N8O6S2. The second kappa shape index (κ2) is 20.3. The van der Waals surface area contributed by atoms with E-state index in [0.29, 0.717) is 31.9 Å². The van der Waals surface area contributed by atoms with Gasteiger partial charge in [0.25, 0.3) is 5.92 Å². The molecule has 3 heterocycles. The third-order valence-electron chi connectivity index (χ3n) is 10.5. The third kappa shape index (κ3) is 12.0. The topological polar surface area (TPSA) is 176 Å². The van der Waals surface area contributed by atoms with E-state index < -0.39 is 138 Å². The Kier molecular flexibility index (Phi) is 15.4. The second-order valence-electron chi connectivity index (χ2n) is 16.0. The molecule has 0 fully saturated rings. The summed E-state index contributed by atoms with van der Waals surface area (Å²) in [7, 11) is 0. The van der Waals surface area contributed by atoms with Gasteiger partial charge in [-0.05, 0) is 86.7 Å². The molecule has 374 valence electrons. The van der Waals surface area contributed by atoms with Gasteiger partial charge in [0.2, 0.25) is 5.91 Å². The van der Waals surface area contributed by atoms with E-state index in [-0.39, 0.29) is 43.2 Å². The number of hydrogen-bond donors (Lipinski definition) is 3. The maximum Gasteiger partial charge on any atom is 0.435 e. The van der Waals surface area contributed by atoms with Gasteiger partial charge in [-0.3, -0.25) is 23.7 Å². The molecule has 5 aromatic rings. The minimum Gasteiger partial charge on any atom is -0.480 e. The molecule has 0 saturated heterocycles. The molecule has 3 aromatic heterocycles. The number of benzene rings is 2. The van der Waals surface area contributed by atoms with E-state index in [1.165, 1.54) is 42.3 Å². The number of halogens is 11. The Bertz CT molecular complexity index is 2920. The molecule has 0 spiro atoms. The number of anilines is 1. The maximum atomic E-state index is 15.1. The standard InChI is InChI=1S/C43H37ClF10N8O6S2/c1-40(2,69-3)11-9-24-5-6-25(26-7-8-28(44)33-35(26)61(20-42(49,50)51)58-38(33)62(70-4)39(68)59(18-31(64)65)19-32(66)67)34(55-24)29(15-21-13-22(45)16-23(46)14-21)56-30(63)17-60-37-27(10-12-41(37,47)48)36(57-60)43(52,53)54/h5-8,13-14,16,29H,10,12,15,17-20H2,1-4H3,(H,56,63)(H,64,65)(H,66,67). The zero-order valence-corrected chi connectivity index (χ0v) is 39.1. The highest BCUT2D eigenvalue weighted by Gasteiger charge is 2.50. The van der Waals surface area contributed by atoms with Crippen LogP contribution in [0.2, 0.25) is 5.02 Å². The number of aliphatic carboxylic acids is 2. The number of carboxylic acid groups (broad SMARTS) is 2. The average Bonchev–Trinajstić information content (AvgIpc) is 3.90. The molecule has 0 radical (unpaired) electrons. The van der Waals surface area contributed by atoms with Crippen LogP contribution in [0.5, 0.6) is 0 Å². The number of carbonyl (C=O) groups excluding carboxylic acids is 2. The molecule has 1 aliphatic carbocycles. The van der Waals surface area contributed by atoms with Crippen molar-refractivity contribution >= 4 is 75.9 Å². The smallest absolute Gasteiger partial charge is 0.435 e. The van der Waals surface area contributed by atoms with E-state index in [9.17, 15) is 64.5 Å². The van der Waals surface area contributed by atoms with Gasteiger partial charge >= 0.3 is 30.3 Å². The Labute approximate surface area is 403 Å². The van der Waals surface area contributed by atoms with Gasteiger partial charge in [-0.25, -0.2) is 22.9 Å². The van der Waals surface area contributed by atoms with E-state index in [1.54, 1.807) is 20.1 Å². The summed E-state index contributed by atoms with van der Waals surface area (Å²) in [6.45, 7) is -1.95. The summed E-state index contributed by atoms with van der Waals surface area (Å²) in [5.74, 6) is -5.36. The van der Waals surface area contributed by atoms with Gasteiger partial charge in [-0.2, -0.15) is 45.3 Å². The molecule has 6 rings (SSSR count). The molecule has 3 N–H and O–H groups in total. The number of urea groups is 1. The molecule has 1 atom stereocenters. The van der Waals surface area contributed by atoms with Crippen LogP contribution in [0, 0.1) is 23.5 Å². The van der Waals surface area contributed by atoms with Crippen molar-refractivity contribution in [2.45, 2.75) is 75.3 Å². The first-order valence-corrected chi connectivity index (χ1v) is 23.0. The van der Waals surface area contributed by atoms with Gasteiger partial charge < -0.3 is 20.4 Å². The zero-order valence-electron chi connectivity index (χ0n) is 36.7. The minimum absolute atomic E-state index is 0.0456. The van der Waals surface area contributed by atoms with Crippen LogP contribution in [-0.2, 0) is 52.4 Å². The number of aromatic nitrogens is 5. The summed E-state index contributed by atoms with van der Waals surface area (Å²) in [6, 6.07) is 4.23. The largest absolute Gasteiger partial charge is 0.480 e. The fourth-order valence-corrected chi connectivity index (χ4v) is 8.52. The summed E-state index contributed by atoms with van der Waals surface area (Å²) in [6.07, 6.45) is -9.59. The first-order chi connectivity index (χ1) is 32.5. The summed E-state index contributed by atoms with van der Waals surface area (Å²) >= 11 is 8.52. The lowest BCUT2D eigenvalue weighted by atomic mass is 9.93. The molecule has 1 aliphatic rings. The van der Waals surface area contributed by atoms with Crippen molar-refractivity contribution < 1.29 is 73.3 Å². The van der Waals surface area contributed by atoms with Gasteiger partial charge in [-0.1, -0.05) is 23.6 Å². The Morgan fingerprint density at radius 2 is 1.56 bits per heavy atom. The highest BCUT2D eigenvalue weighted by atomic mass is 35.5. The zero-order chi connectivity index (χ0) is 51.8. The van der Waals surface area contributed by atoms with Crippen LogP contribution in [0.25, 0.3) is 22.0 Å². The molecule has 1 unspecified atom stereocenters. The van der Waals surface area contributed by atoms with Crippen LogP contribution >= 0.6 is 35.3 Å². The molecule has 2 aromatic carbocycles. The first kappa shape index (κ1) is 53.2. The second-order valence-corrected chi connectivity index (χ2v) is 18.6. The number of carboxylic acids is 2. The number of carbonyl (C=O) groups is 4.